The molecule has 2 heteroatoms. The van der Waals surface area contributed by atoms with Gasteiger partial charge in [0.05, 0.1) is 11.0 Å². The lowest BCUT2D eigenvalue weighted by Gasteiger charge is -2.26. The summed E-state index contributed by atoms with van der Waals surface area (Å²) < 4.78 is 2.37. The van der Waals surface area contributed by atoms with Crippen LogP contribution in [0.1, 0.15) is 0 Å². The Bertz CT molecular complexity index is 3180. The van der Waals surface area contributed by atoms with E-state index in [1.165, 1.54) is 76.4 Å². The van der Waals surface area contributed by atoms with Gasteiger partial charge in [0, 0.05) is 33.5 Å². The number of aromatic nitrogens is 1. The van der Waals surface area contributed by atoms with Crippen LogP contribution in [0.2, 0.25) is 0 Å². The monoisotopic (exact) mass is 712 g/mol. The number of nitrogens with zero attached hydrogens (tertiary/aromatic N) is 2. The van der Waals surface area contributed by atoms with Crippen LogP contribution in [0.3, 0.4) is 0 Å². The summed E-state index contributed by atoms with van der Waals surface area (Å²) in [6.45, 7) is 0. The quantitative estimate of drug-likeness (QED) is 0.156. The molecule has 0 spiro atoms. The summed E-state index contributed by atoms with van der Waals surface area (Å²) >= 11 is 0. The average molecular weight is 713 g/mol. The fourth-order valence-corrected chi connectivity index (χ4v) is 8.85. The molecule has 0 aliphatic carbocycles. The van der Waals surface area contributed by atoms with E-state index in [-0.39, 0.29) is 0 Å². The van der Waals surface area contributed by atoms with E-state index in [0.717, 1.165) is 22.7 Å². The Hall–Kier alpha value is -7.42. The number of hydrogen-bond donors (Lipinski definition) is 0. The molecular weight excluding hydrogens is 677 g/mol. The van der Waals surface area contributed by atoms with Crippen LogP contribution in [0, 0.1) is 0 Å². The van der Waals surface area contributed by atoms with Gasteiger partial charge in [0.15, 0.2) is 0 Å². The van der Waals surface area contributed by atoms with Crippen LogP contribution in [-0.2, 0) is 0 Å². The maximum Gasteiger partial charge on any atom is 0.0542 e. The Morgan fingerprint density at radius 1 is 0.286 bits per heavy atom. The molecule has 0 aliphatic rings. The fraction of sp³-hybridized carbons (Fsp3) is 0. The van der Waals surface area contributed by atoms with Crippen LogP contribution in [0.4, 0.5) is 17.1 Å². The third kappa shape index (κ3) is 5.19. The molecule has 0 amide bonds. The Kier molecular flexibility index (Phi) is 7.53. The molecule has 0 radical (unpaired) electrons. The van der Waals surface area contributed by atoms with Crippen LogP contribution < -0.4 is 4.90 Å². The molecule has 0 saturated heterocycles. The van der Waals surface area contributed by atoms with E-state index in [1.54, 1.807) is 0 Å². The Balaban J connectivity index is 1.07. The van der Waals surface area contributed by atoms with Gasteiger partial charge in [0.2, 0.25) is 0 Å². The van der Waals surface area contributed by atoms with E-state index < -0.39 is 0 Å². The molecule has 0 saturated carbocycles. The molecular formula is C54H36N2. The van der Waals surface area contributed by atoms with Crippen LogP contribution in [0.5, 0.6) is 0 Å². The number of hydrogen-bond acceptors (Lipinski definition) is 1. The minimum atomic E-state index is 1.10. The first-order chi connectivity index (χ1) is 27.8. The van der Waals surface area contributed by atoms with Crippen molar-refractivity contribution in [2.75, 3.05) is 4.90 Å². The predicted octanol–water partition coefficient (Wildman–Crippen LogP) is 15.0. The fourth-order valence-electron chi connectivity index (χ4n) is 8.85. The third-order valence-corrected chi connectivity index (χ3v) is 11.3. The molecule has 56 heavy (non-hydrogen) atoms. The normalized spacial score (nSPS) is 11.6. The molecule has 0 aliphatic heterocycles. The highest BCUT2D eigenvalue weighted by atomic mass is 15.1. The number of rotatable bonds is 6. The molecule has 11 aromatic rings. The van der Waals surface area contributed by atoms with Gasteiger partial charge in [0.25, 0.3) is 0 Å². The standard InChI is InChI=1S/C54H36N2/c1-3-17-41(18-4-1)55(44-33-34-52-50(36-44)45-21-13-14-26-51(45)56(52)42-19-5-2-6-20-42)43-31-29-38(30-32-43)53-46-22-9-11-24-48(46)54(49-25-12-10-23-47(49)53)40-28-27-37-15-7-8-16-39(37)35-40/h1-36H. The predicted molar refractivity (Wildman–Crippen MR) is 239 cm³/mol. The van der Waals surface area contributed by atoms with Crippen molar-refractivity contribution in [3.63, 3.8) is 0 Å². The molecule has 0 bridgehead atoms. The van der Waals surface area contributed by atoms with Crippen LogP contribution in [0.25, 0.3) is 82.1 Å². The van der Waals surface area contributed by atoms with E-state index in [0.29, 0.717) is 0 Å². The Labute approximate surface area is 325 Å². The molecule has 262 valence electrons. The lowest BCUT2D eigenvalue weighted by atomic mass is 9.85. The maximum atomic E-state index is 2.37. The van der Waals surface area contributed by atoms with Crippen molar-refractivity contribution >= 4 is 71.2 Å². The van der Waals surface area contributed by atoms with Gasteiger partial charge in [-0.15, -0.1) is 0 Å². The first-order valence-corrected chi connectivity index (χ1v) is 19.3. The van der Waals surface area contributed by atoms with Gasteiger partial charge < -0.3 is 9.47 Å². The first kappa shape index (κ1) is 32.0. The molecule has 0 atom stereocenters. The summed E-state index contributed by atoms with van der Waals surface area (Å²) in [5.74, 6) is 0. The Morgan fingerprint density at radius 2 is 0.768 bits per heavy atom. The summed E-state index contributed by atoms with van der Waals surface area (Å²) in [4.78, 5) is 2.37. The second kappa shape index (κ2) is 13.2. The molecule has 0 N–H and O–H groups in total. The van der Waals surface area contributed by atoms with Gasteiger partial charge in [-0.1, -0.05) is 152 Å². The topological polar surface area (TPSA) is 8.17 Å². The SMILES string of the molecule is c1ccc(N(c2ccc(-c3c4ccccc4c(-c4ccc5ccccc5c4)c4ccccc34)cc2)c2ccc3c(c2)c2ccccc2n3-c2ccccc2)cc1. The number of benzene rings is 10. The number of anilines is 3. The van der Waals surface area contributed by atoms with E-state index in [1.807, 2.05) is 0 Å². The minimum Gasteiger partial charge on any atom is -0.310 e. The van der Waals surface area contributed by atoms with Gasteiger partial charge in [-0.2, -0.15) is 0 Å². The lowest BCUT2D eigenvalue weighted by Crippen LogP contribution is -2.09. The van der Waals surface area contributed by atoms with Crippen molar-refractivity contribution in [2.24, 2.45) is 0 Å². The Morgan fingerprint density at radius 3 is 1.45 bits per heavy atom. The summed E-state index contributed by atoms with van der Waals surface area (Å²) in [7, 11) is 0. The lowest BCUT2D eigenvalue weighted by molar-refractivity contribution is 1.18. The van der Waals surface area contributed by atoms with Crippen LogP contribution in [-0.4, -0.2) is 4.57 Å². The van der Waals surface area contributed by atoms with Crippen molar-refractivity contribution in [1.82, 2.24) is 4.57 Å². The smallest absolute Gasteiger partial charge is 0.0542 e. The van der Waals surface area contributed by atoms with Gasteiger partial charge in [-0.3, -0.25) is 0 Å². The van der Waals surface area contributed by atoms with Crippen molar-refractivity contribution in [3.8, 4) is 27.9 Å². The molecule has 0 fully saturated rings. The van der Waals surface area contributed by atoms with Crippen molar-refractivity contribution in [1.29, 1.82) is 0 Å². The van der Waals surface area contributed by atoms with Gasteiger partial charge in [0.1, 0.15) is 0 Å². The average Bonchev–Trinajstić information content (AvgIpc) is 3.60. The third-order valence-electron chi connectivity index (χ3n) is 11.3. The largest absolute Gasteiger partial charge is 0.310 e. The highest BCUT2D eigenvalue weighted by Crippen LogP contribution is 2.45. The molecule has 1 aromatic heterocycles. The molecule has 11 rings (SSSR count). The van der Waals surface area contributed by atoms with Crippen molar-refractivity contribution < 1.29 is 0 Å². The molecule has 0 unspecified atom stereocenters. The molecule has 10 aromatic carbocycles. The summed E-state index contributed by atoms with van der Waals surface area (Å²) in [5.41, 5.74) is 11.9. The minimum absolute atomic E-state index is 1.10. The first-order valence-electron chi connectivity index (χ1n) is 19.3. The van der Waals surface area contributed by atoms with Crippen molar-refractivity contribution in [3.05, 3.63) is 218 Å². The van der Waals surface area contributed by atoms with E-state index >= 15 is 0 Å². The van der Waals surface area contributed by atoms with E-state index in [2.05, 4.69) is 228 Å². The zero-order chi connectivity index (χ0) is 37.0. The highest BCUT2D eigenvalue weighted by molar-refractivity contribution is 6.22. The highest BCUT2D eigenvalue weighted by Gasteiger charge is 2.20. The summed E-state index contributed by atoms with van der Waals surface area (Å²) in [5, 5.41) is 9.99. The molecule has 1 heterocycles. The second-order valence-electron chi connectivity index (χ2n) is 14.5. The summed E-state index contributed by atoms with van der Waals surface area (Å²) in [6.07, 6.45) is 0. The zero-order valence-corrected chi connectivity index (χ0v) is 30.7. The zero-order valence-electron chi connectivity index (χ0n) is 30.7. The van der Waals surface area contributed by atoms with E-state index in [9.17, 15) is 0 Å². The van der Waals surface area contributed by atoms with Crippen molar-refractivity contribution in [2.45, 2.75) is 0 Å². The molecule has 2 nitrogen and oxygen atoms in total. The number of para-hydroxylation sites is 3. The van der Waals surface area contributed by atoms with Gasteiger partial charge in [-0.25, -0.2) is 0 Å². The van der Waals surface area contributed by atoms with Gasteiger partial charge >= 0.3 is 0 Å². The second-order valence-corrected chi connectivity index (χ2v) is 14.5. The van der Waals surface area contributed by atoms with Crippen LogP contribution >= 0.6 is 0 Å². The van der Waals surface area contributed by atoms with Gasteiger partial charge in [-0.05, 0) is 121 Å². The van der Waals surface area contributed by atoms with Crippen LogP contribution in [0.15, 0.2) is 218 Å². The maximum absolute atomic E-state index is 2.37. The summed E-state index contributed by atoms with van der Waals surface area (Å²) in [6, 6.07) is 79.4. The van der Waals surface area contributed by atoms with E-state index in [4.69, 9.17) is 0 Å². The number of fused-ring (bicyclic) bond motifs is 6.